The quantitative estimate of drug-likeness (QED) is 0.364. The first-order valence-electron chi connectivity index (χ1n) is 2.34. The van der Waals surface area contributed by atoms with Crippen LogP contribution in [0.5, 0.6) is 0 Å². The standard InChI is InChI=1S/C5H10OSi/c1-4-5-6-7(2)3/h7H,1-3H3. The maximum Gasteiger partial charge on any atom is 0.244 e. The van der Waals surface area contributed by atoms with E-state index in [9.17, 15) is 0 Å². The fourth-order valence-corrected chi connectivity index (χ4v) is 0.530. The van der Waals surface area contributed by atoms with Crippen LogP contribution in [-0.4, -0.2) is 9.04 Å². The lowest BCUT2D eigenvalue weighted by Crippen LogP contribution is -2.01. The largest absolute Gasteiger partial charge is 0.505 e. The van der Waals surface area contributed by atoms with E-state index in [1.807, 2.05) is 0 Å². The molecule has 0 aromatic carbocycles. The van der Waals surface area contributed by atoms with Crippen molar-refractivity contribution in [2.75, 3.05) is 0 Å². The lowest BCUT2D eigenvalue weighted by molar-refractivity contribution is 0.542. The van der Waals surface area contributed by atoms with Crippen molar-refractivity contribution < 1.29 is 4.43 Å². The van der Waals surface area contributed by atoms with Gasteiger partial charge in [0.2, 0.25) is 9.04 Å². The van der Waals surface area contributed by atoms with Crippen LogP contribution in [0.1, 0.15) is 6.92 Å². The molecule has 0 heterocycles. The maximum absolute atomic E-state index is 4.97. The highest BCUT2D eigenvalue weighted by molar-refractivity contribution is 6.48. The van der Waals surface area contributed by atoms with E-state index in [0.29, 0.717) is 0 Å². The first-order valence-corrected chi connectivity index (χ1v) is 5.13. The molecule has 0 N–H and O–H groups in total. The van der Waals surface area contributed by atoms with Crippen LogP contribution >= 0.6 is 0 Å². The smallest absolute Gasteiger partial charge is 0.244 e. The van der Waals surface area contributed by atoms with E-state index >= 15 is 0 Å². The summed E-state index contributed by atoms with van der Waals surface area (Å²) in [6.07, 6.45) is 2.56. The monoisotopic (exact) mass is 114 g/mol. The molecule has 0 aromatic heterocycles. The lowest BCUT2D eigenvalue weighted by Gasteiger charge is -1.94. The summed E-state index contributed by atoms with van der Waals surface area (Å²) >= 11 is 0. The Morgan fingerprint density at radius 1 is 1.43 bits per heavy atom. The highest BCUT2D eigenvalue weighted by Crippen LogP contribution is 1.77. The van der Waals surface area contributed by atoms with Crippen LogP contribution in [0.25, 0.3) is 0 Å². The van der Waals surface area contributed by atoms with Gasteiger partial charge >= 0.3 is 0 Å². The van der Waals surface area contributed by atoms with Gasteiger partial charge in [-0.1, -0.05) is 5.92 Å². The highest BCUT2D eigenvalue weighted by atomic mass is 28.3. The molecule has 0 aliphatic rings. The average Bonchev–Trinajstić information content (AvgIpc) is 1.61. The van der Waals surface area contributed by atoms with Gasteiger partial charge in [0, 0.05) is 6.92 Å². The van der Waals surface area contributed by atoms with Gasteiger partial charge in [-0.15, -0.1) is 0 Å². The van der Waals surface area contributed by atoms with Crippen molar-refractivity contribution in [3.63, 3.8) is 0 Å². The lowest BCUT2D eigenvalue weighted by atomic mass is 10.8. The number of rotatable bonds is 1. The van der Waals surface area contributed by atoms with Crippen molar-refractivity contribution in [1.82, 2.24) is 0 Å². The van der Waals surface area contributed by atoms with Crippen molar-refractivity contribution >= 4 is 9.04 Å². The first kappa shape index (κ1) is 6.58. The minimum atomic E-state index is -0.862. The van der Waals surface area contributed by atoms with Crippen molar-refractivity contribution in [3.05, 3.63) is 0 Å². The summed E-state index contributed by atoms with van der Waals surface area (Å²) in [5.74, 6) is 2.66. The molecule has 0 aromatic rings. The zero-order valence-electron chi connectivity index (χ0n) is 4.99. The first-order chi connectivity index (χ1) is 3.27. The Balaban J connectivity index is 3.08. The van der Waals surface area contributed by atoms with E-state index in [0.717, 1.165) is 0 Å². The Bertz CT molecular complexity index is 88.0. The van der Waals surface area contributed by atoms with E-state index in [-0.39, 0.29) is 0 Å². The molecular formula is C5H10OSi. The van der Waals surface area contributed by atoms with Crippen molar-refractivity contribution in [3.8, 4) is 12.0 Å². The third-order valence-electron chi connectivity index (χ3n) is 0.397. The molecule has 0 aliphatic carbocycles. The fourth-order valence-electron chi connectivity index (χ4n) is 0.177. The van der Waals surface area contributed by atoms with Crippen LogP contribution in [0, 0.1) is 12.0 Å². The molecule has 7 heavy (non-hydrogen) atoms. The normalized spacial score (nSPS) is 7.43. The Morgan fingerprint density at radius 3 is 2.14 bits per heavy atom. The van der Waals surface area contributed by atoms with E-state index < -0.39 is 9.04 Å². The highest BCUT2D eigenvalue weighted by Gasteiger charge is 1.87. The summed E-state index contributed by atoms with van der Waals surface area (Å²) in [6.45, 7) is 5.95. The summed E-state index contributed by atoms with van der Waals surface area (Å²) in [5, 5.41) is 0. The Kier molecular flexibility index (Phi) is 3.53. The second kappa shape index (κ2) is 3.76. The third-order valence-corrected chi connectivity index (χ3v) is 0.986. The Hall–Kier alpha value is -0.423. The molecule has 1 nitrogen and oxygen atoms in total. The van der Waals surface area contributed by atoms with E-state index in [2.05, 4.69) is 25.1 Å². The van der Waals surface area contributed by atoms with Crippen molar-refractivity contribution in [1.29, 1.82) is 0 Å². The third kappa shape index (κ3) is 5.58. The van der Waals surface area contributed by atoms with Gasteiger partial charge in [-0.2, -0.15) is 0 Å². The molecule has 40 valence electrons. The zero-order chi connectivity index (χ0) is 5.70. The summed E-state index contributed by atoms with van der Waals surface area (Å²) in [5.41, 5.74) is 0. The van der Waals surface area contributed by atoms with Gasteiger partial charge < -0.3 is 4.43 Å². The van der Waals surface area contributed by atoms with Crippen LogP contribution in [0.15, 0.2) is 0 Å². The summed E-state index contributed by atoms with van der Waals surface area (Å²) in [7, 11) is -0.862. The van der Waals surface area contributed by atoms with Gasteiger partial charge in [0.25, 0.3) is 0 Å². The van der Waals surface area contributed by atoms with Crippen LogP contribution in [0.2, 0.25) is 13.1 Å². The Morgan fingerprint density at radius 2 is 2.00 bits per heavy atom. The molecule has 0 fully saturated rings. The predicted molar refractivity (Wildman–Crippen MR) is 33.4 cm³/mol. The maximum atomic E-state index is 4.97. The minimum Gasteiger partial charge on any atom is -0.505 e. The molecule has 0 atom stereocenters. The van der Waals surface area contributed by atoms with E-state index in [1.165, 1.54) is 0 Å². The summed E-state index contributed by atoms with van der Waals surface area (Å²) < 4.78 is 4.97. The topological polar surface area (TPSA) is 9.23 Å². The van der Waals surface area contributed by atoms with Gasteiger partial charge in [-0.25, -0.2) is 0 Å². The second-order valence-corrected chi connectivity index (χ2v) is 3.85. The molecule has 0 unspecified atom stereocenters. The van der Waals surface area contributed by atoms with Crippen LogP contribution < -0.4 is 0 Å². The molecule has 0 amide bonds. The van der Waals surface area contributed by atoms with Crippen LogP contribution in [0.4, 0.5) is 0 Å². The van der Waals surface area contributed by atoms with Gasteiger partial charge in [0.05, 0.1) is 6.11 Å². The molecule has 0 saturated carbocycles. The van der Waals surface area contributed by atoms with Crippen LogP contribution in [0.3, 0.4) is 0 Å². The van der Waals surface area contributed by atoms with Gasteiger partial charge in [0.1, 0.15) is 0 Å². The molecule has 0 saturated heterocycles. The molecule has 0 aliphatic heterocycles. The zero-order valence-corrected chi connectivity index (χ0v) is 6.14. The van der Waals surface area contributed by atoms with Gasteiger partial charge in [-0.3, -0.25) is 0 Å². The van der Waals surface area contributed by atoms with Crippen LogP contribution in [-0.2, 0) is 4.43 Å². The van der Waals surface area contributed by atoms with Crippen molar-refractivity contribution in [2.24, 2.45) is 0 Å². The van der Waals surface area contributed by atoms with Crippen molar-refractivity contribution in [2.45, 2.75) is 20.0 Å². The van der Waals surface area contributed by atoms with E-state index in [1.54, 1.807) is 6.92 Å². The molecule has 0 spiro atoms. The average molecular weight is 114 g/mol. The molecular weight excluding hydrogens is 104 g/mol. The summed E-state index contributed by atoms with van der Waals surface area (Å²) in [4.78, 5) is 0. The Labute approximate surface area is 46.4 Å². The second-order valence-electron chi connectivity index (χ2n) is 1.52. The molecule has 0 bridgehead atoms. The number of hydrogen-bond acceptors (Lipinski definition) is 1. The fraction of sp³-hybridized carbons (Fsp3) is 0.600. The minimum absolute atomic E-state index is 0.862. The number of hydrogen-bond donors (Lipinski definition) is 0. The summed E-state index contributed by atoms with van der Waals surface area (Å²) in [6, 6.07) is 0. The van der Waals surface area contributed by atoms with E-state index in [4.69, 9.17) is 4.43 Å². The SMILES string of the molecule is CC#CO[SiH](C)C. The molecule has 0 rings (SSSR count). The molecule has 0 radical (unpaired) electrons. The molecule has 2 heteroatoms. The van der Waals surface area contributed by atoms with Gasteiger partial charge in [0.15, 0.2) is 0 Å². The predicted octanol–water partition coefficient (Wildman–Crippen LogP) is 0.967. The van der Waals surface area contributed by atoms with Gasteiger partial charge in [-0.05, 0) is 13.1 Å².